The third-order valence-corrected chi connectivity index (χ3v) is 6.35. The number of pyridine rings is 1. The highest BCUT2D eigenvalue weighted by atomic mass is 19.4. The highest BCUT2D eigenvalue weighted by Crippen LogP contribution is 2.33. The molecule has 1 amide bonds. The van der Waals surface area contributed by atoms with Gasteiger partial charge in [-0.3, -0.25) is 4.79 Å². The Balaban J connectivity index is 0.000000470. The Morgan fingerprint density at radius 2 is 1.57 bits per heavy atom. The summed E-state index contributed by atoms with van der Waals surface area (Å²) in [7, 11) is 0. The van der Waals surface area contributed by atoms with E-state index in [1.807, 2.05) is 41.4 Å². The number of aliphatic carboxylic acids is 1. The van der Waals surface area contributed by atoms with Gasteiger partial charge in [-0.2, -0.15) is 18.2 Å². The van der Waals surface area contributed by atoms with E-state index in [-0.39, 0.29) is 5.91 Å². The molecule has 1 fully saturated rings. The molecule has 9 nitrogen and oxygen atoms in total. The molecule has 208 valence electrons. The number of carboxylic acid groups (broad SMARTS) is 1. The van der Waals surface area contributed by atoms with Crippen molar-refractivity contribution in [2.24, 2.45) is 5.73 Å². The first-order valence-electron chi connectivity index (χ1n) is 12.4. The second-order valence-electron chi connectivity index (χ2n) is 9.03. The van der Waals surface area contributed by atoms with Gasteiger partial charge in [-0.1, -0.05) is 54.6 Å². The Hall–Kier alpha value is -4.58. The summed E-state index contributed by atoms with van der Waals surface area (Å²) < 4.78 is 31.7. The highest BCUT2D eigenvalue weighted by molar-refractivity contribution is 5.90. The van der Waals surface area contributed by atoms with Gasteiger partial charge < -0.3 is 20.6 Å². The van der Waals surface area contributed by atoms with E-state index in [1.54, 1.807) is 6.92 Å². The lowest BCUT2D eigenvalue weighted by Crippen LogP contribution is -2.48. The summed E-state index contributed by atoms with van der Waals surface area (Å²) in [6.45, 7) is 4.88. The SMILES string of the molecule is CC(=O)N1CCN(c2ncc3cc(-c4ccccc4)c(-c4ccc(CN)cc4)nc3n2)CC1.O=C(O)C(F)(F)F. The number of rotatable bonds is 4. The third kappa shape index (κ3) is 6.70. The lowest BCUT2D eigenvalue weighted by molar-refractivity contribution is -0.192. The summed E-state index contributed by atoms with van der Waals surface area (Å²) in [6, 6.07) is 20.6. The van der Waals surface area contributed by atoms with Gasteiger partial charge in [0.25, 0.3) is 0 Å². The van der Waals surface area contributed by atoms with Crippen molar-refractivity contribution in [1.29, 1.82) is 0 Å². The molecule has 0 atom stereocenters. The second-order valence-corrected chi connectivity index (χ2v) is 9.03. The zero-order chi connectivity index (χ0) is 28.9. The molecule has 1 aliphatic heterocycles. The Morgan fingerprint density at radius 1 is 0.950 bits per heavy atom. The number of anilines is 1. The zero-order valence-electron chi connectivity index (χ0n) is 21.6. The van der Waals surface area contributed by atoms with E-state index in [1.165, 1.54) is 0 Å². The van der Waals surface area contributed by atoms with Crippen molar-refractivity contribution in [3.05, 3.63) is 72.4 Å². The van der Waals surface area contributed by atoms with E-state index in [4.69, 9.17) is 25.6 Å². The molecule has 0 saturated carbocycles. The smallest absolute Gasteiger partial charge is 0.475 e. The maximum atomic E-state index is 11.6. The summed E-state index contributed by atoms with van der Waals surface area (Å²) in [5.74, 6) is -2.00. The van der Waals surface area contributed by atoms with Crippen molar-refractivity contribution < 1.29 is 27.9 Å². The van der Waals surface area contributed by atoms with Gasteiger partial charge in [-0.15, -0.1) is 0 Å². The first-order chi connectivity index (χ1) is 19.1. The molecular formula is C28H27F3N6O3. The monoisotopic (exact) mass is 552 g/mol. The fraction of sp³-hybridized carbons (Fsp3) is 0.250. The zero-order valence-corrected chi connectivity index (χ0v) is 21.6. The topological polar surface area (TPSA) is 126 Å². The van der Waals surface area contributed by atoms with E-state index in [9.17, 15) is 18.0 Å². The van der Waals surface area contributed by atoms with Crippen molar-refractivity contribution in [2.45, 2.75) is 19.6 Å². The molecule has 2 aromatic carbocycles. The predicted molar refractivity (Wildman–Crippen MR) is 144 cm³/mol. The van der Waals surface area contributed by atoms with Crippen molar-refractivity contribution in [3.63, 3.8) is 0 Å². The normalized spacial score (nSPS) is 13.5. The number of aromatic nitrogens is 3. The Kier molecular flexibility index (Phi) is 8.58. The number of nitrogens with zero attached hydrogens (tertiary/aromatic N) is 5. The van der Waals surface area contributed by atoms with Crippen LogP contribution in [-0.2, 0) is 16.1 Å². The standard InChI is InChI=1S/C26H26N6O.C2HF3O2/c1-18(33)31-11-13-32(14-12-31)26-28-17-22-15-23(20-5-3-2-4-6-20)24(29-25(22)30-26)21-9-7-19(16-27)8-10-21;3-2(4,5)1(6)7/h2-10,15,17H,11-14,16,27H2,1H3;(H,6,7). The molecule has 5 rings (SSSR count). The van der Waals surface area contributed by atoms with Gasteiger partial charge >= 0.3 is 12.1 Å². The van der Waals surface area contributed by atoms with Gasteiger partial charge in [0.05, 0.1) is 5.69 Å². The van der Waals surface area contributed by atoms with E-state index < -0.39 is 12.1 Å². The average molecular weight is 553 g/mol. The minimum atomic E-state index is -5.08. The molecular weight excluding hydrogens is 525 g/mol. The van der Waals surface area contributed by atoms with Gasteiger partial charge in [0.1, 0.15) is 0 Å². The van der Waals surface area contributed by atoms with Crippen LogP contribution in [0, 0.1) is 0 Å². The number of carbonyl (C=O) groups is 2. The molecule has 40 heavy (non-hydrogen) atoms. The fourth-order valence-electron chi connectivity index (χ4n) is 4.18. The number of piperazine rings is 1. The number of carbonyl (C=O) groups excluding carboxylic acids is 1. The first-order valence-corrected chi connectivity index (χ1v) is 12.4. The van der Waals surface area contributed by atoms with Crippen LogP contribution in [0.3, 0.4) is 0 Å². The molecule has 3 heterocycles. The predicted octanol–water partition coefficient (Wildman–Crippen LogP) is 4.12. The molecule has 4 aromatic rings. The molecule has 0 bridgehead atoms. The molecule has 12 heteroatoms. The van der Waals surface area contributed by atoms with E-state index in [0.29, 0.717) is 44.3 Å². The molecule has 0 spiro atoms. The van der Waals surface area contributed by atoms with E-state index >= 15 is 0 Å². The fourth-order valence-corrected chi connectivity index (χ4v) is 4.18. The number of benzene rings is 2. The summed E-state index contributed by atoms with van der Waals surface area (Å²) >= 11 is 0. The lowest BCUT2D eigenvalue weighted by Gasteiger charge is -2.34. The summed E-state index contributed by atoms with van der Waals surface area (Å²) in [6.07, 6.45) is -3.24. The van der Waals surface area contributed by atoms with Crippen molar-refractivity contribution in [2.75, 3.05) is 31.1 Å². The van der Waals surface area contributed by atoms with Crippen LogP contribution in [0.25, 0.3) is 33.4 Å². The number of fused-ring (bicyclic) bond motifs is 1. The van der Waals surface area contributed by atoms with Crippen LogP contribution < -0.4 is 10.6 Å². The summed E-state index contributed by atoms with van der Waals surface area (Å²) in [5, 5.41) is 8.02. The average Bonchev–Trinajstić information content (AvgIpc) is 2.96. The van der Waals surface area contributed by atoms with Crippen LogP contribution in [0.15, 0.2) is 66.9 Å². The van der Waals surface area contributed by atoms with Crippen LogP contribution in [0.4, 0.5) is 19.1 Å². The highest BCUT2D eigenvalue weighted by Gasteiger charge is 2.38. The van der Waals surface area contributed by atoms with Crippen molar-refractivity contribution in [1.82, 2.24) is 19.9 Å². The molecule has 3 N–H and O–H groups in total. The molecule has 0 unspecified atom stereocenters. The van der Waals surface area contributed by atoms with Crippen LogP contribution in [-0.4, -0.2) is 69.2 Å². The maximum Gasteiger partial charge on any atom is 0.490 e. The molecule has 0 radical (unpaired) electrons. The summed E-state index contributed by atoms with van der Waals surface area (Å²) in [5.41, 5.74) is 11.5. The van der Waals surface area contributed by atoms with Crippen LogP contribution in [0.5, 0.6) is 0 Å². The number of amides is 1. The van der Waals surface area contributed by atoms with Gasteiger partial charge in [0.15, 0.2) is 5.65 Å². The van der Waals surface area contributed by atoms with Gasteiger partial charge in [-0.25, -0.2) is 14.8 Å². The number of carboxylic acids is 1. The number of nitrogens with two attached hydrogens (primary N) is 1. The molecule has 2 aromatic heterocycles. The Labute approximate surface area is 228 Å². The first kappa shape index (κ1) is 28.4. The minimum Gasteiger partial charge on any atom is -0.475 e. The van der Waals surface area contributed by atoms with Crippen molar-refractivity contribution >= 4 is 28.9 Å². The summed E-state index contributed by atoms with van der Waals surface area (Å²) in [4.78, 5) is 38.9. The number of hydrogen-bond acceptors (Lipinski definition) is 7. The quantitative estimate of drug-likeness (QED) is 0.387. The Morgan fingerprint density at radius 3 is 2.12 bits per heavy atom. The van der Waals surface area contributed by atoms with Gasteiger partial charge in [-0.05, 0) is 17.2 Å². The Bertz CT molecular complexity index is 1490. The van der Waals surface area contributed by atoms with E-state index in [0.717, 1.165) is 33.3 Å². The molecule has 0 aliphatic carbocycles. The number of halogens is 3. The molecule has 1 saturated heterocycles. The minimum absolute atomic E-state index is 0.106. The van der Waals surface area contributed by atoms with Crippen LogP contribution >= 0.6 is 0 Å². The van der Waals surface area contributed by atoms with Crippen molar-refractivity contribution in [3.8, 4) is 22.4 Å². The number of alkyl halides is 3. The molecule has 1 aliphatic rings. The second kappa shape index (κ2) is 12.1. The van der Waals surface area contributed by atoms with Crippen LogP contribution in [0.1, 0.15) is 12.5 Å². The van der Waals surface area contributed by atoms with Gasteiger partial charge in [0.2, 0.25) is 11.9 Å². The lowest BCUT2D eigenvalue weighted by atomic mass is 9.98. The van der Waals surface area contributed by atoms with E-state index in [2.05, 4.69) is 40.2 Å². The third-order valence-electron chi connectivity index (χ3n) is 6.35. The van der Waals surface area contributed by atoms with Gasteiger partial charge in [0, 0.05) is 62.4 Å². The van der Waals surface area contributed by atoms with Crippen LogP contribution in [0.2, 0.25) is 0 Å². The maximum absolute atomic E-state index is 11.6. The number of hydrogen-bond donors (Lipinski definition) is 2. The largest absolute Gasteiger partial charge is 0.490 e.